The van der Waals surface area contributed by atoms with Gasteiger partial charge in [-0.15, -0.1) is 0 Å². The third kappa shape index (κ3) is 1.13. The number of hydrogen-bond acceptors (Lipinski definition) is 2. The highest BCUT2D eigenvalue weighted by atomic mass is 79.9. The van der Waals surface area contributed by atoms with Gasteiger partial charge in [0, 0.05) is 23.6 Å². The second-order valence-electron chi connectivity index (χ2n) is 3.08. The van der Waals surface area contributed by atoms with Crippen LogP contribution >= 0.6 is 15.9 Å². The van der Waals surface area contributed by atoms with Gasteiger partial charge in [-0.1, -0.05) is 15.9 Å². The Labute approximate surface area is 84.1 Å². The molecular formula is C9H8BrNO2. The number of phenolic OH excluding ortho intramolecular Hbond substituents is 1. The second kappa shape index (κ2) is 2.73. The highest BCUT2D eigenvalue weighted by Gasteiger charge is 2.29. The first-order valence-corrected chi connectivity index (χ1v) is 4.66. The van der Waals surface area contributed by atoms with Gasteiger partial charge in [-0.05, 0) is 12.1 Å². The fourth-order valence-corrected chi connectivity index (χ4v) is 1.96. The molecule has 0 aromatic heterocycles. The molecule has 1 aliphatic rings. The Bertz CT molecular complexity index is 389. The van der Waals surface area contributed by atoms with Crippen LogP contribution in [0.5, 0.6) is 5.75 Å². The molecule has 3 nitrogen and oxygen atoms in total. The average molecular weight is 242 g/mol. The Morgan fingerprint density at radius 2 is 2.23 bits per heavy atom. The summed E-state index contributed by atoms with van der Waals surface area (Å²) in [5.41, 5.74) is 1.30. The van der Waals surface area contributed by atoms with Gasteiger partial charge in [-0.25, -0.2) is 0 Å². The lowest BCUT2D eigenvalue weighted by atomic mass is 10.1. The second-order valence-corrected chi connectivity index (χ2v) is 3.94. The summed E-state index contributed by atoms with van der Waals surface area (Å²) in [7, 11) is 1.72. The molecule has 0 saturated heterocycles. The van der Waals surface area contributed by atoms with Gasteiger partial charge in [0.1, 0.15) is 5.75 Å². The number of carbonyl (C=O) groups excluding carboxylic acids is 1. The molecule has 1 aromatic carbocycles. The van der Waals surface area contributed by atoms with Gasteiger partial charge >= 0.3 is 0 Å². The Morgan fingerprint density at radius 3 is 2.85 bits per heavy atom. The van der Waals surface area contributed by atoms with E-state index < -0.39 is 0 Å². The Morgan fingerprint density at radius 1 is 1.54 bits per heavy atom. The van der Waals surface area contributed by atoms with Crippen LogP contribution in [0.1, 0.15) is 15.9 Å². The highest BCUT2D eigenvalue weighted by molar-refractivity contribution is 9.10. The molecule has 1 amide bonds. The van der Waals surface area contributed by atoms with Gasteiger partial charge in [0.15, 0.2) is 0 Å². The summed E-state index contributed by atoms with van der Waals surface area (Å²) in [6.45, 7) is 0.559. The maximum absolute atomic E-state index is 11.5. The molecule has 0 atom stereocenters. The number of carbonyl (C=O) groups is 1. The molecule has 0 aliphatic carbocycles. The molecule has 68 valence electrons. The van der Waals surface area contributed by atoms with Gasteiger partial charge < -0.3 is 10.0 Å². The van der Waals surface area contributed by atoms with Crippen LogP contribution < -0.4 is 0 Å². The van der Waals surface area contributed by atoms with Crippen molar-refractivity contribution in [3.05, 3.63) is 27.7 Å². The van der Waals surface area contributed by atoms with Crippen molar-refractivity contribution < 1.29 is 9.90 Å². The summed E-state index contributed by atoms with van der Waals surface area (Å²) >= 11 is 3.35. The van der Waals surface area contributed by atoms with Crippen molar-refractivity contribution in [2.45, 2.75) is 6.54 Å². The maximum atomic E-state index is 11.5. The molecule has 0 bridgehead atoms. The zero-order valence-electron chi connectivity index (χ0n) is 7.04. The number of benzene rings is 1. The normalized spacial score (nSPS) is 14.9. The van der Waals surface area contributed by atoms with E-state index in [0.29, 0.717) is 12.1 Å². The first kappa shape index (κ1) is 8.56. The molecule has 1 aliphatic heterocycles. The standard InChI is InChI=1S/C9H8BrNO2/c1-11-4-5-6(10)2-3-7(12)8(5)9(11)13/h2-3,12H,4H2,1H3. The molecular weight excluding hydrogens is 234 g/mol. The summed E-state index contributed by atoms with van der Waals surface area (Å²) in [4.78, 5) is 13.1. The molecule has 0 radical (unpaired) electrons. The molecule has 0 fully saturated rings. The quantitative estimate of drug-likeness (QED) is 0.752. The molecule has 1 N–H and O–H groups in total. The number of halogens is 1. The third-order valence-corrected chi connectivity index (χ3v) is 2.93. The third-order valence-electron chi connectivity index (χ3n) is 2.19. The molecule has 0 unspecified atom stereocenters. The average Bonchev–Trinajstić information content (AvgIpc) is 2.38. The summed E-state index contributed by atoms with van der Waals surface area (Å²) in [6.07, 6.45) is 0. The Hall–Kier alpha value is -1.03. The van der Waals surface area contributed by atoms with E-state index >= 15 is 0 Å². The van der Waals surface area contributed by atoms with E-state index in [0.717, 1.165) is 10.0 Å². The van der Waals surface area contributed by atoms with Crippen LogP contribution in [0.3, 0.4) is 0 Å². The van der Waals surface area contributed by atoms with Gasteiger partial charge in [0.25, 0.3) is 5.91 Å². The predicted octanol–water partition coefficient (Wildman–Crippen LogP) is 1.74. The largest absolute Gasteiger partial charge is 0.507 e. The summed E-state index contributed by atoms with van der Waals surface area (Å²) in [6, 6.07) is 3.28. The number of aromatic hydroxyl groups is 1. The van der Waals surface area contributed by atoms with Crippen LogP contribution in [0.4, 0.5) is 0 Å². The van der Waals surface area contributed by atoms with E-state index in [1.54, 1.807) is 18.0 Å². The van der Waals surface area contributed by atoms with Crippen molar-refractivity contribution in [1.82, 2.24) is 4.90 Å². The smallest absolute Gasteiger partial charge is 0.258 e. The van der Waals surface area contributed by atoms with E-state index in [2.05, 4.69) is 15.9 Å². The number of phenols is 1. The van der Waals surface area contributed by atoms with Crippen LogP contribution in [-0.4, -0.2) is 23.0 Å². The fourth-order valence-electron chi connectivity index (χ4n) is 1.50. The monoisotopic (exact) mass is 241 g/mol. The van der Waals surface area contributed by atoms with Gasteiger partial charge in [-0.2, -0.15) is 0 Å². The fraction of sp³-hybridized carbons (Fsp3) is 0.222. The number of hydrogen-bond donors (Lipinski definition) is 1. The molecule has 0 saturated carbocycles. The number of fused-ring (bicyclic) bond motifs is 1. The van der Waals surface area contributed by atoms with Crippen LogP contribution in [0.15, 0.2) is 16.6 Å². The lowest BCUT2D eigenvalue weighted by molar-refractivity contribution is 0.0814. The van der Waals surface area contributed by atoms with Crippen LogP contribution in [0, 0.1) is 0 Å². The van der Waals surface area contributed by atoms with Crippen molar-refractivity contribution in [3.8, 4) is 5.75 Å². The minimum atomic E-state index is -0.117. The molecule has 1 aromatic rings. The maximum Gasteiger partial charge on any atom is 0.258 e. The van der Waals surface area contributed by atoms with Crippen LogP contribution in [-0.2, 0) is 6.54 Å². The molecule has 0 spiro atoms. The topological polar surface area (TPSA) is 40.5 Å². The Balaban J connectivity index is 2.68. The zero-order chi connectivity index (χ0) is 9.59. The van der Waals surface area contributed by atoms with Gasteiger partial charge in [0.2, 0.25) is 0 Å². The molecule has 1 heterocycles. The van der Waals surface area contributed by atoms with Crippen molar-refractivity contribution in [2.75, 3.05) is 7.05 Å². The first-order valence-electron chi connectivity index (χ1n) is 3.87. The number of amides is 1. The predicted molar refractivity (Wildman–Crippen MR) is 51.6 cm³/mol. The summed E-state index contributed by atoms with van der Waals surface area (Å²) in [5, 5.41) is 9.48. The Kier molecular flexibility index (Phi) is 1.80. The lowest BCUT2D eigenvalue weighted by Crippen LogP contribution is -2.17. The lowest BCUT2D eigenvalue weighted by Gasteiger charge is -2.04. The molecule has 4 heteroatoms. The van der Waals surface area contributed by atoms with Crippen molar-refractivity contribution in [2.24, 2.45) is 0 Å². The van der Waals surface area contributed by atoms with Crippen molar-refractivity contribution in [1.29, 1.82) is 0 Å². The van der Waals surface area contributed by atoms with Crippen molar-refractivity contribution >= 4 is 21.8 Å². The van der Waals surface area contributed by atoms with E-state index in [1.807, 2.05) is 0 Å². The highest BCUT2D eigenvalue weighted by Crippen LogP contribution is 2.34. The SMILES string of the molecule is CN1Cc2c(Br)ccc(O)c2C1=O. The molecule has 13 heavy (non-hydrogen) atoms. The first-order chi connectivity index (χ1) is 6.11. The summed E-state index contributed by atoms with van der Waals surface area (Å²) < 4.78 is 0.873. The number of rotatable bonds is 0. The molecule has 2 rings (SSSR count). The van der Waals surface area contributed by atoms with Gasteiger partial charge in [-0.3, -0.25) is 4.79 Å². The van der Waals surface area contributed by atoms with Crippen LogP contribution in [0.2, 0.25) is 0 Å². The van der Waals surface area contributed by atoms with E-state index in [-0.39, 0.29) is 11.7 Å². The zero-order valence-corrected chi connectivity index (χ0v) is 8.63. The van der Waals surface area contributed by atoms with E-state index in [1.165, 1.54) is 6.07 Å². The van der Waals surface area contributed by atoms with Crippen molar-refractivity contribution in [3.63, 3.8) is 0 Å². The van der Waals surface area contributed by atoms with Gasteiger partial charge in [0.05, 0.1) is 5.56 Å². The van der Waals surface area contributed by atoms with E-state index in [9.17, 15) is 9.90 Å². The minimum Gasteiger partial charge on any atom is -0.507 e. The van der Waals surface area contributed by atoms with Crippen LogP contribution in [0.25, 0.3) is 0 Å². The number of nitrogens with zero attached hydrogens (tertiary/aromatic N) is 1. The van der Waals surface area contributed by atoms with E-state index in [4.69, 9.17) is 0 Å². The summed E-state index contributed by atoms with van der Waals surface area (Å²) in [5.74, 6) is -0.0543. The minimum absolute atomic E-state index is 0.0625.